The van der Waals surface area contributed by atoms with E-state index in [2.05, 4.69) is 36.4 Å². The quantitative estimate of drug-likeness (QED) is 0.570. The van der Waals surface area contributed by atoms with Crippen LogP contribution < -0.4 is 20.5 Å². The average molecular weight is 474 g/mol. The lowest BCUT2D eigenvalue weighted by molar-refractivity contribution is -0.880. The summed E-state index contributed by atoms with van der Waals surface area (Å²) in [6.45, 7) is 10.00. The van der Waals surface area contributed by atoms with Crippen LogP contribution in [0.15, 0.2) is 23.1 Å². The molecule has 10 heteroatoms. The summed E-state index contributed by atoms with van der Waals surface area (Å²) in [5, 5.41) is 12.2. The van der Waals surface area contributed by atoms with E-state index in [-0.39, 0.29) is 10.9 Å². The Morgan fingerprint density at radius 3 is 2.67 bits per heavy atom. The third-order valence-electron chi connectivity index (χ3n) is 5.96. The van der Waals surface area contributed by atoms with Gasteiger partial charge in [-0.15, -0.1) is 10.2 Å². The molecule has 4 rings (SSSR count). The maximum atomic E-state index is 15.1. The monoisotopic (exact) mass is 473 g/mol. The Morgan fingerprint density at radius 2 is 2.00 bits per heavy atom. The molecule has 33 heavy (non-hydrogen) atoms. The van der Waals surface area contributed by atoms with Crippen molar-refractivity contribution in [2.75, 3.05) is 43.4 Å². The number of piperazine rings is 1. The van der Waals surface area contributed by atoms with Crippen LogP contribution in [-0.2, 0) is 13.0 Å². The summed E-state index contributed by atoms with van der Waals surface area (Å²) in [4.78, 5) is 29.5. The number of carbonyl (C=O) groups excluding carboxylic acids is 1. The molecule has 1 amide bonds. The van der Waals surface area contributed by atoms with E-state index in [4.69, 9.17) is 0 Å². The van der Waals surface area contributed by atoms with Gasteiger partial charge in [0.25, 0.3) is 5.91 Å². The number of rotatable bonds is 6. The van der Waals surface area contributed by atoms with Crippen LogP contribution in [0.1, 0.15) is 36.1 Å². The van der Waals surface area contributed by atoms with E-state index in [9.17, 15) is 9.59 Å². The minimum Gasteiger partial charge on any atom is -0.358 e. The summed E-state index contributed by atoms with van der Waals surface area (Å²) in [7, 11) is 2.13. The van der Waals surface area contributed by atoms with Crippen molar-refractivity contribution in [2.24, 2.45) is 5.92 Å². The number of carbonyl (C=O) groups is 1. The van der Waals surface area contributed by atoms with Crippen molar-refractivity contribution in [2.45, 2.75) is 33.7 Å². The molecule has 2 N–H and O–H groups in total. The zero-order valence-electron chi connectivity index (χ0n) is 19.4. The molecule has 8 nitrogen and oxygen atoms in total. The number of fused-ring (bicyclic) bond motifs is 1. The minimum absolute atomic E-state index is 0.0414. The molecular weight excluding hydrogens is 443 g/mol. The standard InChI is InChI=1S/C23H29FN6O2S/c1-5-29-13-16(22(32)25-23-27-26-20(33-23)10-14(2)3)21(31)15-11-17(24)19(12-18(15)29)30-8-6-28(4)7-9-30/h11-14H,5-10H2,1-4H3,(H,25,27,32)/p+1. The van der Waals surface area contributed by atoms with Crippen LogP contribution in [0.2, 0.25) is 0 Å². The highest BCUT2D eigenvalue weighted by atomic mass is 32.1. The minimum atomic E-state index is -0.567. The van der Waals surface area contributed by atoms with Crippen LogP contribution in [-0.4, -0.2) is 53.9 Å². The van der Waals surface area contributed by atoms with Gasteiger partial charge >= 0.3 is 0 Å². The van der Waals surface area contributed by atoms with Gasteiger partial charge in [0.15, 0.2) is 0 Å². The molecule has 0 bridgehead atoms. The van der Waals surface area contributed by atoms with Gasteiger partial charge in [0, 0.05) is 24.5 Å². The number of hydrogen-bond acceptors (Lipinski definition) is 6. The van der Waals surface area contributed by atoms with Gasteiger partial charge in [-0.25, -0.2) is 4.39 Å². The molecule has 0 unspecified atom stereocenters. The lowest BCUT2D eigenvalue weighted by atomic mass is 10.1. The number of nitrogens with zero attached hydrogens (tertiary/aromatic N) is 4. The summed E-state index contributed by atoms with van der Waals surface area (Å²) in [6.07, 6.45) is 2.31. The van der Waals surface area contributed by atoms with Crippen molar-refractivity contribution in [1.82, 2.24) is 14.8 Å². The predicted octanol–water partition coefficient (Wildman–Crippen LogP) is 1.80. The second kappa shape index (κ2) is 9.56. The number of pyridine rings is 1. The van der Waals surface area contributed by atoms with Gasteiger partial charge < -0.3 is 14.4 Å². The number of benzene rings is 1. The molecule has 3 aromatic rings. The lowest BCUT2D eigenvalue weighted by Crippen LogP contribution is -3.12. The van der Waals surface area contributed by atoms with Crippen molar-refractivity contribution in [3.63, 3.8) is 0 Å². The first-order chi connectivity index (χ1) is 15.8. The second-order valence-corrected chi connectivity index (χ2v) is 10.0. The van der Waals surface area contributed by atoms with Gasteiger partial charge in [-0.2, -0.15) is 0 Å². The molecular formula is C23H30FN6O2S+. The van der Waals surface area contributed by atoms with Gasteiger partial charge in [-0.1, -0.05) is 25.2 Å². The van der Waals surface area contributed by atoms with Gasteiger partial charge in [0.1, 0.15) is 16.4 Å². The largest absolute Gasteiger partial charge is 0.358 e. The first kappa shape index (κ1) is 23.3. The molecule has 1 aliphatic heterocycles. The highest BCUT2D eigenvalue weighted by Crippen LogP contribution is 2.26. The highest BCUT2D eigenvalue weighted by molar-refractivity contribution is 7.15. The van der Waals surface area contributed by atoms with Crippen LogP contribution in [0, 0.1) is 11.7 Å². The van der Waals surface area contributed by atoms with Gasteiger partial charge in [-0.05, 0) is 25.0 Å². The molecule has 0 spiro atoms. The number of halogens is 1. The summed E-state index contributed by atoms with van der Waals surface area (Å²) in [6, 6.07) is 3.01. The van der Waals surface area contributed by atoms with Gasteiger partial charge in [-0.3, -0.25) is 14.9 Å². The maximum absolute atomic E-state index is 15.1. The van der Waals surface area contributed by atoms with E-state index in [1.807, 2.05) is 16.4 Å². The summed E-state index contributed by atoms with van der Waals surface area (Å²) >= 11 is 1.29. The summed E-state index contributed by atoms with van der Waals surface area (Å²) < 4.78 is 16.9. The third kappa shape index (κ3) is 4.91. The zero-order chi connectivity index (χ0) is 23.7. The van der Waals surface area contributed by atoms with E-state index in [0.717, 1.165) is 37.6 Å². The Labute approximate surface area is 196 Å². The van der Waals surface area contributed by atoms with Crippen LogP contribution in [0.3, 0.4) is 0 Å². The van der Waals surface area contributed by atoms with Crippen molar-refractivity contribution in [3.8, 4) is 0 Å². The molecule has 0 radical (unpaired) electrons. The molecule has 176 valence electrons. The number of likely N-dealkylation sites (N-methyl/N-ethyl adjacent to an activating group) is 1. The molecule has 1 saturated heterocycles. The fourth-order valence-electron chi connectivity index (χ4n) is 4.09. The van der Waals surface area contributed by atoms with Crippen LogP contribution in [0.25, 0.3) is 10.9 Å². The van der Waals surface area contributed by atoms with E-state index >= 15 is 4.39 Å². The molecule has 1 aromatic carbocycles. The number of anilines is 2. The number of quaternary nitrogens is 1. The van der Waals surface area contributed by atoms with E-state index < -0.39 is 17.2 Å². The van der Waals surface area contributed by atoms with Crippen molar-refractivity contribution < 1.29 is 14.1 Å². The van der Waals surface area contributed by atoms with E-state index in [1.54, 1.807) is 12.3 Å². The van der Waals surface area contributed by atoms with Crippen molar-refractivity contribution in [1.29, 1.82) is 0 Å². The van der Waals surface area contributed by atoms with Crippen LogP contribution >= 0.6 is 11.3 Å². The van der Waals surface area contributed by atoms with Crippen molar-refractivity contribution in [3.05, 3.63) is 44.9 Å². The number of aryl methyl sites for hydroxylation is 1. The first-order valence-corrected chi connectivity index (χ1v) is 12.1. The second-order valence-electron chi connectivity index (χ2n) is 8.98. The molecule has 0 atom stereocenters. The van der Waals surface area contributed by atoms with E-state index in [1.165, 1.54) is 22.3 Å². The highest BCUT2D eigenvalue weighted by Gasteiger charge is 2.23. The van der Waals surface area contributed by atoms with Gasteiger partial charge in [0.2, 0.25) is 10.6 Å². The fourth-order valence-corrected chi connectivity index (χ4v) is 5.04. The van der Waals surface area contributed by atoms with Crippen LogP contribution in [0.4, 0.5) is 15.2 Å². The molecule has 1 fully saturated rings. The Balaban J connectivity index is 1.68. The first-order valence-electron chi connectivity index (χ1n) is 11.3. The zero-order valence-corrected chi connectivity index (χ0v) is 20.3. The Bertz CT molecular complexity index is 1230. The number of amides is 1. The topological polar surface area (TPSA) is 84.6 Å². The Hall–Kier alpha value is -2.85. The normalized spacial score (nSPS) is 14.9. The van der Waals surface area contributed by atoms with E-state index in [0.29, 0.717) is 28.8 Å². The molecule has 2 aromatic heterocycles. The maximum Gasteiger partial charge on any atom is 0.262 e. The third-order valence-corrected chi connectivity index (χ3v) is 6.82. The molecule has 0 saturated carbocycles. The Morgan fingerprint density at radius 1 is 1.27 bits per heavy atom. The number of nitrogens with one attached hydrogen (secondary N) is 2. The number of aromatic nitrogens is 3. The lowest BCUT2D eigenvalue weighted by Gasteiger charge is -2.32. The summed E-state index contributed by atoms with van der Waals surface area (Å²) in [5.41, 5.74) is 0.588. The number of hydrogen-bond donors (Lipinski definition) is 2. The molecule has 0 aliphatic carbocycles. The average Bonchev–Trinajstić information content (AvgIpc) is 3.20. The van der Waals surface area contributed by atoms with Crippen LogP contribution in [0.5, 0.6) is 0 Å². The fraction of sp³-hybridized carbons (Fsp3) is 0.478. The smallest absolute Gasteiger partial charge is 0.262 e. The molecule has 3 heterocycles. The SMILES string of the molecule is CCn1cc(C(=O)Nc2nnc(CC(C)C)s2)c(=O)c2cc(F)c(N3CC[NH+](C)CC3)cc21. The Kier molecular flexibility index (Phi) is 6.76. The predicted molar refractivity (Wildman–Crippen MR) is 129 cm³/mol. The molecule has 1 aliphatic rings. The van der Waals surface area contributed by atoms with Crippen molar-refractivity contribution >= 4 is 39.0 Å². The summed E-state index contributed by atoms with van der Waals surface area (Å²) in [5.74, 6) is -0.588. The van der Waals surface area contributed by atoms with Gasteiger partial charge in [0.05, 0.1) is 44.4 Å².